The molecule has 0 saturated carbocycles. The van der Waals surface area contributed by atoms with Crippen molar-refractivity contribution in [2.45, 2.75) is 51.4 Å². The smallest absolute Gasteiger partial charge is 0.251 e. The molecular weight excluding hydrogens is 548 g/mol. The molecule has 2 N–H and O–H groups in total. The molecule has 1 saturated heterocycles. The van der Waals surface area contributed by atoms with Gasteiger partial charge in [0.05, 0.1) is 23.3 Å². The maximum absolute atomic E-state index is 12.7. The first-order chi connectivity index (χ1) is 20.8. The number of pyridine rings is 2. The van der Waals surface area contributed by atoms with Gasteiger partial charge in [-0.2, -0.15) is 0 Å². The summed E-state index contributed by atoms with van der Waals surface area (Å²) < 4.78 is 25.3. The van der Waals surface area contributed by atoms with Crippen molar-refractivity contribution in [3.8, 4) is 11.3 Å². The first kappa shape index (κ1) is 30.4. The lowest BCUT2D eigenvalue weighted by molar-refractivity contribution is 0.0690. The highest BCUT2D eigenvalue weighted by Gasteiger charge is 2.28. The largest absolute Gasteiger partial charge is 0.369 e. The summed E-state index contributed by atoms with van der Waals surface area (Å²) >= 11 is 0. The van der Waals surface area contributed by atoms with Gasteiger partial charge in [-0.15, -0.1) is 0 Å². The Hall–Kier alpha value is -4.05. The van der Waals surface area contributed by atoms with E-state index in [1.165, 1.54) is 0 Å². The van der Waals surface area contributed by atoms with Crippen LogP contribution in [0.25, 0.3) is 22.2 Å². The zero-order valence-electron chi connectivity index (χ0n) is 25.0. The molecule has 10 heteroatoms. The van der Waals surface area contributed by atoms with Crippen molar-refractivity contribution in [1.82, 2.24) is 30.2 Å². The first-order valence-electron chi connectivity index (χ1n) is 14.9. The lowest BCUT2D eigenvalue weighted by atomic mass is 9.78. The van der Waals surface area contributed by atoms with E-state index in [2.05, 4.69) is 50.5 Å². The molecule has 0 unspecified atom stereocenters. The Morgan fingerprint density at radius 2 is 1.91 bits per heavy atom. The van der Waals surface area contributed by atoms with Crippen LogP contribution >= 0.6 is 0 Å². The maximum Gasteiger partial charge on any atom is 0.251 e. The molecule has 0 aliphatic carbocycles. The Bertz CT molecular complexity index is 1540. The number of anilines is 1. The van der Waals surface area contributed by atoms with Crippen molar-refractivity contribution in [2.75, 3.05) is 38.5 Å². The average Bonchev–Trinajstić information content (AvgIpc) is 3.04. The van der Waals surface area contributed by atoms with Gasteiger partial charge in [0.2, 0.25) is 0 Å². The first-order valence-corrected chi connectivity index (χ1v) is 14.9. The van der Waals surface area contributed by atoms with Crippen molar-refractivity contribution in [1.29, 1.82) is 0 Å². The van der Waals surface area contributed by atoms with E-state index in [0.29, 0.717) is 23.8 Å². The van der Waals surface area contributed by atoms with E-state index in [1.807, 2.05) is 41.4 Å². The number of likely N-dealkylation sites (tertiary alicyclic amines) is 1. The number of carbonyl (C=O) groups is 1. The van der Waals surface area contributed by atoms with Gasteiger partial charge in [0.15, 0.2) is 0 Å². The van der Waals surface area contributed by atoms with Gasteiger partial charge in [0, 0.05) is 54.1 Å². The van der Waals surface area contributed by atoms with E-state index >= 15 is 0 Å². The summed E-state index contributed by atoms with van der Waals surface area (Å²) in [7, 11) is 1.63. The summed E-state index contributed by atoms with van der Waals surface area (Å²) in [5.74, 6) is 1.04. The van der Waals surface area contributed by atoms with Crippen LogP contribution in [0.3, 0.4) is 0 Å². The van der Waals surface area contributed by atoms with E-state index in [0.717, 1.165) is 72.2 Å². The van der Waals surface area contributed by atoms with Gasteiger partial charge < -0.3 is 10.6 Å². The van der Waals surface area contributed by atoms with Crippen LogP contribution in [-0.4, -0.2) is 70.4 Å². The number of piperidine rings is 1. The molecule has 8 nitrogen and oxygen atoms in total. The Labute approximate surface area is 251 Å². The van der Waals surface area contributed by atoms with Gasteiger partial charge in [-0.05, 0) is 68.5 Å². The Morgan fingerprint density at radius 1 is 1.09 bits per heavy atom. The average molecular weight is 588 g/mol. The number of amides is 1. The monoisotopic (exact) mass is 587 g/mol. The lowest BCUT2D eigenvalue weighted by Crippen LogP contribution is -2.37. The number of fused-ring (bicyclic) bond motifs is 1. The summed E-state index contributed by atoms with van der Waals surface area (Å²) in [5.41, 5.74) is 4.90. The van der Waals surface area contributed by atoms with E-state index in [9.17, 15) is 13.6 Å². The molecule has 43 heavy (non-hydrogen) atoms. The van der Waals surface area contributed by atoms with Crippen molar-refractivity contribution in [2.24, 2.45) is 5.92 Å². The molecular formula is C33H39F2N7O. The third-order valence-corrected chi connectivity index (χ3v) is 8.72. The number of benzene rings is 1. The third-order valence-electron chi connectivity index (χ3n) is 8.72. The molecule has 0 radical (unpaired) electrons. The highest BCUT2D eigenvalue weighted by atomic mass is 19.3. The van der Waals surface area contributed by atoms with Crippen LogP contribution in [0.2, 0.25) is 0 Å². The zero-order valence-corrected chi connectivity index (χ0v) is 25.0. The Morgan fingerprint density at radius 3 is 2.60 bits per heavy atom. The topological polar surface area (TPSA) is 95.9 Å². The maximum atomic E-state index is 12.7. The SMILES string of the molecule is CC[C@@](C)(CNc1cc(-c2ccc(CC3CCN(CC(F)F)CC3)nc2)ncn1)c1cccc2c(C(=O)NC)ccnc12. The van der Waals surface area contributed by atoms with Crippen molar-refractivity contribution in [3.05, 3.63) is 78.0 Å². The molecule has 4 aromatic rings. The number of hydrogen-bond donors (Lipinski definition) is 2. The minimum Gasteiger partial charge on any atom is -0.369 e. The number of alkyl halides is 2. The molecule has 4 heterocycles. The fourth-order valence-electron chi connectivity index (χ4n) is 5.86. The third kappa shape index (κ3) is 7.13. The van der Waals surface area contributed by atoms with Crippen molar-refractivity contribution < 1.29 is 13.6 Å². The summed E-state index contributed by atoms with van der Waals surface area (Å²) in [6.45, 7) is 6.25. The summed E-state index contributed by atoms with van der Waals surface area (Å²) in [6.07, 6.45) is 6.34. The molecule has 1 atom stereocenters. The quantitative estimate of drug-likeness (QED) is 0.231. The molecule has 0 bridgehead atoms. The molecule has 1 amide bonds. The van der Waals surface area contributed by atoms with E-state index in [1.54, 1.807) is 25.6 Å². The number of halogens is 2. The molecule has 0 spiro atoms. The minimum absolute atomic E-state index is 0.131. The summed E-state index contributed by atoms with van der Waals surface area (Å²) in [6, 6.07) is 13.7. The van der Waals surface area contributed by atoms with Gasteiger partial charge in [-0.3, -0.25) is 19.7 Å². The lowest BCUT2D eigenvalue weighted by Gasteiger charge is -2.31. The van der Waals surface area contributed by atoms with Crippen molar-refractivity contribution in [3.63, 3.8) is 0 Å². The Kier molecular flexibility index (Phi) is 9.55. The highest BCUT2D eigenvalue weighted by Crippen LogP contribution is 2.34. The van der Waals surface area contributed by atoms with Gasteiger partial charge in [0.25, 0.3) is 12.3 Å². The van der Waals surface area contributed by atoms with E-state index in [4.69, 9.17) is 0 Å². The van der Waals surface area contributed by atoms with Crippen LogP contribution in [0.1, 0.15) is 54.7 Å². The fraction of sp³-hybridized carbons (Fsp3) is 0.424. The molecule has 5 rings (SSSR count). The van der Waals surface area contributed by atoms with Gasteiger partial charge >= 0.3 is 0 Å². The molecule has 1 aliphatic rings. The van der Waals surface area contributed by atoms with E-state index < -0.39 is 6.43 Å². The van der Waals surface area contributed by atoms with Crippen LogP contribution < -0.4 is 10.6 Å². The number of aromatic nitrogens is 4. The summed E-state index contributed by atoms with van der Waals surface area (Å²) in [4.78, 5) is 32.6. The fourth-order valence-corrected chi connectivity index (χ4v) is 5.86. The minimum atomic E-state index is -2.27. The number of carbonyl (C=O) groups excluding carboxylic acids is 1. The van der Waals surface area contributed by atoms with Crippen LogP contribution in [0.5, 0.6) is 0 Å². The van der Waals surface area contributed by atoms with Crippen LogP contribution in [0.15, 0.2) is 61.2 Å². The van der Waals surface area contributed by atoms with Crippen LogP contribution in [0.4, 0.5) is 14.6 Å². The zero-order chi connectivity index (χ0) is 30.4. The van der Waals surface area contributed by atoms with E-state index in [-0.39, 0.29) is 17.9 Å². The van der Waals surface area contributed by atoms with Crippen molar-refractivity contribution >= 4 is 22.6 Å². The van der Waals surface area contributed by atoms with Crippen LogP contribution in [0, 0.1) is 5.92 Å². The normalized spacial score (nSPS) is 15.9. The van der Waals surface area contributed by atoms with Gasteiger partial charge in [0.1, 0.15) is 12.1 Å². The second-order valence-corrected chi connectivity index (χ2v) is 11.6. The standard InChI is InChI=1S/C33H39F2N7O/c1-4-33(2,27-7-5-6-25-26(32(43)36-3)10-13-37-31(25)27)20-39-30-17-28(40-21-41-30)23-8-9-24(38-18-23)16-22-11-14-42(15-12-22)19-29(34)35/h5-10,13,17-18,21-22,29H,4,11-12,14-16,19-20H2,1-3H3,(H,36,43)(H,39,40,41)/t33-/m0/s1. The highest BCUT2D eigenvalue weighted by molar-refractivity contribution is 6.06. The molecule has 226 valence electrons. The number of nitrogens with one attached hydrogen (secondary N) is 2. The number of para-hydroxylation sites is 1. The number of rotatable bonds is 11. The Balaban J connectivity index is 1.26. The summed E-state index contributed by atoms with van der Waals surface area (Å²) in [5, 5.41) is 7.06. The second kappa shape index (κ2) is 13.5. The van der Waals surface area contributed by atoms with Gasteiger partial charge in [-0.25, -0.2) is 18.7 Å². The number of nitrogens with zero attached hydrogens (tertiary/aromatic N) is 5. The molecule has 1 aromatic carbocycles. The second-order valence-electron chi connectivity index (χ2n) is 11.6. The molecule has 1 aliphatic heterocycles. The van der Waals surface area contributed by atoms with Crippen LogP contribution in [-0.2, 0) is 11.8 Å². The van der Waals surface area contributed by atoms with Gasteiger partial charge in [-0.1, -0.05) is 32.0 Å². The predicted molar refractivity (Wildman–Crippen MR) is 165 cm³/mol. The predicted octanol–water partition coefficient (Wildman–Crippen LogP) is 5.75. The number of hydrogen-bond acceptors (Lipinski definition) is 7. The molecule has 3 aromatic heterocycles. The molecule has 1 fully saturated rings.